The van der Waals surface area contributed by atoms with Gasteiger partial charge >= 0.3 is 0 Å². The largest absolute Gasteiger partial charge is 0.370 e. The molecule has 4 heteroatoms. The summed E-state index contributed by atoms with van der Waals surface area (Å²) < 4.78 is 5.81. The first-order valence-electron chi connectivity index (χ1n) is 4.92. The zero-order valence-electron chi connectivity index (χ0n) is 7.69. The van der Waals surface area contributed by atoms with Crippen LogP contribution in [0.1, 0.15) is 13.3 Å². The minimum atomic E-state index is 0.0630. The molecule has 4 atom stereocenters. The third kappa shape index (κ3) is 0.957. The van der Waals surface area contributed by atoms with Crippen LogP contribution in [-0.2, 0) is 9.53 Å². The number of fused-ring (bicyclic) bond motifs is 1. The molecule has 2 bridgehead atoms. The molecule has 0 saturated carbocycles. The minimum Gasteiger partial charge on any atom is -0.370 e. The molecule has 1 amide bonds. The number of hydrogen-bond acceptors (Lipinski definition) is 3. The highest BCUT2D eigenvalue weighted by atomic mass is 16.5. The molecular formula is C9H14N2O2. The summed E-state index contributed by atoms with van der Waals surface area (Å²) in [6.07, 6.45) is 1.77. The Bertz CT molecular complexity index is 242. The normalized spacial score (nSPS) is 47.2. The van der Waals surface area contributed by atoms with Crippen molar-refractivity contribution in [2.45, 2.75) is 37.6 Å². The van der Waals surface area contributed by atoms with E-state index in [1.807, 2.05) is 0 Å². The van der Waals surface area contributed by atoms with Gasteiger partial charge in [0.25, 0.3) is 0 Å². The van der Waals surface area contributed by atoms with E-state index in [1.165, 1.54) is 0 Å². The fourth-order valence-electron chi connectivity index (χ4n) is 3.00. The van der Waals surface area contributed by atoms with Crippen molar-refractivity contribution in [2.75, 3.05) is 13.1 Å². The first-order chi connectivity index (χ1) is 6.25. The predicted octanol–water partition coefficient (Wildman–Crippen LogP) is -0.654. The van der Waals surface area contributed by atoms with Gasteiger partial charge in [0.15, 0.2) is 0 Å². The highest BCUT2D eigenvalue weighted by molar-refractivity contribution is 5.73. The number of ether oxygens (including phenoxy) is 1. The Morgan fingerprint density at radius 3 is 3.08 bits per heavy atom. The van der Waals surface area contributed by atoms with E-state index in [4.69, 9.17) is 4.74 Å². The summed E-state index contributed by atoms with van der Waals surface area (Å²) in [7, 11) is 0. The van der Waals surface area contributed by atoms with Gasteiger partial charge in [0.2, 0.25) is 5.91 Å². The third-order valence-corrected chi connectivity index (χ3v) is 3.41. The lowest BCUT2D eigenvalue weighted by atomic mass is 10.1. The number of hydrogen-bond donors (Lipinski definition) is 1. The summed E-state index contributed by atoms with van der Waals surface area (Å²) >= 11 is 0. The Kier molecular flexibility index (Phi) is 1.46. The highest BCUT2D eigenvalue weighted by Gasteiger charge is 2.57. The van der Waals surface area contributed by atoms with E-state index in [2.05, 4.69) is 10.2 Å². The summed E-state index contributed by atoms with van der Waals surface area (Å²) in [6.45, 7) is 3.73. The summed E-state index contributed by atoms with van der Waals surface area (Å²) in [6, 6.07) is 0.721. The van der Waals surface area contributed by atoms with Crippen molar-refractivity contribution in [1.29, 1.82) is 0 Å². The topological polar surface area (TPSA) is 41.6 Å². The van der Waals surface area contributed by atoms with Crippen LogP contribution in [0.3, 0.4) is 0 Å². The van der Waals surface area contributed by atoms with Crippen LogP contribution in [0.15, 0.2) is 0 Å². The van der Waals surface area contributed by atoms with Crippen LogP contribution >= 0.6 is 0 Å². The number of morpholine rings is 1. The highest BCUT2D eigenvalue weighted by Crippen LogP contribution is 2.39. The van der Waals surface area contributed by atoms with Gasteiger partial charge in [-0.25, -0.2) is 0 Å². The summed E-state index contributed by atoms with van der Waals surface area (Å²) in [5.74, 6) is 0.0630. The van der Waals surface area contributed by atoms with Gasteiger partial charge in [-0.1, -0.05) is 0 Å². The van der Waals surface area contributed by atoms with Crippen molar-refractivity contribution in [2.24, 2.45) is 0 Å². The van der Waals surface area contributed by atoms with Crippen molar-refractivity contribution < 1.29 is 9.53 Å². The van der Waals surface area contributed by atoms with Gasteiger partial charge in [-0.05, 0) is 6.42 Å². The number of nitrogens with zero attached hydrogens (tertiary/aromatic N) is 1. The summed E-state index contributed by atoms with van der Waals surface area (Å²) in [5.41, 5.74) is 0. The Morgan fingerprint density at radius 1 is 1.54 bits per heavy atom. The van der Waals surface area contributed by atoms with Crippen molar-refractivity contribution in [3.8, 4) is 0 Å². The van der Waals surface area contributed by atoms with Crippen molar-refractivity contribution >= 4 is 5.91 Å². The monoisotopic (exact) mass is 182 g/mol. The SMILES string of the molecule is CC(=O)N[C@H]1[C@@H]2[C@@H]3CCN2C[C@H]1O3. The molecule has 0 spiro atoms. The standard InChI is InChI=1S/C9H14N2O2/c1-5(12)10-8-7-4-11-3-2-6(13-7)9(8)11/h6-9H,2-4H2,1H3,(H,10,12)/t6-,7+,8+,9-/m0/s1. The lowest BCUT2D eigenvalue weighted by molar-refractivity contribution is -0.119. The average Bonchev–Trinajstić information content (AvgIpc) is 2.60. The third-order valence-electron chi connectivity index (χ3n) is 3.41. The smallest absolute Gasteiger partial charge is 0.217 e. The van der Waals surface area contributed by atoms with E-state index in [1.54, 1.807) is 6.92 Å². The molecule has 0 aliphatic carbocycles. The van der Waals surface area contributed by atoms with E-state index in [-0.39, 0.29) is 18.1 Å². The molecule has 0 radical (unpaired) electrons. The van der Waals surface area contributed by atoms with E-state index >= 15 is 0 Å². The first-order valence-corrected chi connectivity index (χ1v) is 4.92. The molecule has 0 aromatic rings. The van der Waals surface area contributed by atoms with Gasteiger partial charge in [-0.15, -0.1) is 0 Å². The average molecular weight is 182 g/mol. The fourth-order valence-corrected chi connectivity index (χ4v) is 3.00. The van der Waals surface area contributed by atoms with E-state index < -0.39 is 0 Å². The molecule has 3 fully saturated rings. The molecule has 0 aromatic carbocycles. The van der Waals surface area contributed by atoms with Crippen LogP contribution in [0, 0.1) is 0 Å². The Labute approximate surface area is 77.2 Å². The molecule has 3 aliphatic heterocycles. The lowest BCUT2D eigenvalue weighted by Crippen LogP contribution is -2.44. The maximum atomic E-state index is 11.0. The quantitative estimate of drug-likeness (QED) is 0.585. The van der Waals surface area contributed by atoms with Crippen LogP contribution in [0.5, 0.6) is 0 Å². The van der Waals surface area contributed by atoms with Crippen LogP contribution in [0.25, 0.3) is 0 Å². The molecule has 0 aromatic heterocycles. The van der Waals surface area contributed by atoms with Gasteiger partial charge in [0.05, 0.1) is 24.3 Å². The van der Waals surface area contributed by atoms with Gasteiger partial charge in [0, 0.05) is 20.0 Å². The summed E-state index contributed by atoms with van der Waals surface area (Å²) in [5, 5.41) is 3.00. The van der Waals surface area contributed by atoms with Crippen LogP contribution < -0.4 is 5.32 Å². The summed E-state index contributed by atoms with van der Waals surface area (Å²) in [4.78, 5) is 13.4. The zero-order chi connectivity index (χ0) is 9.00. The van der Waals surface area contributed by atoms with E-state index in [9.17, 15) is 4.79 Å². The maximum Gasteiger partial charge on any atom is 0.217 e. The molecule has 1 N–H and O–H groups in total. The molecule has 0 unspecified atom stereocenters. The van der Waals surface area contributed by atoms with E-state index in [0.717, 1.165) is 19.5 Å². The minimum absolute atomic E-state index is 0.0630. The van der Waals surface area contributed by atoms with Crippen molar-refractivity contribution in [3.63, 3.8) is 0 Å². The number of amides is 1. The number of carbonyl (C=O) groups excluding carboxylic acids is 1. The Balaban J connectivity index is 1.81. The molecule has 4 nitrogen and oxygen atoms in total. The van der Waals surface area contributed by atoms with Crippen molar-refractivity contribution in [3.05, 3.63) is 0 Å². The Hall–Kier alpha value is -0.610. The molecule has 3 saturated heterocycles. The number of carbonyl (C=O) groups is 1. The second kappa shape index (κ2) is 2.45. The van der Waals surface area contributed by atoms with Crippen LogP contribution in [-0.4, -0.2) is 48.2 Å². The molecule has 3 heterocycles. The van der Waals surface area contributed by atoms with Crippen molar-refractivity contribution in [1.82, 2.24) is 10.2 Å². The van der Waals surface area contributed by atoms with Crippen LogP contribution in [0.2, 0.25) is 0 Å². The first kappa shape index (κ1) is 7.76. The molecule has 72 valence electrons. The van der Waals surface area contributed by atoms with Gasteiger partial charge in [-0.2, -0.15) is 0 Å². The van der Waals surface area contributed by atoms with Gasteiger partial charge in [-0.3, -0.25) is 9.69 Å². The molecular weight excluding hydrogens is 168 g/mol. The van der Waals surface area contributed by atoms with E-state index in [0.29, 0.717) is 12.1 Å². The zero-order valence-corrected chi connectivity index (χ0v) is 7.69. The number of rotatable bonds is 1. The van der Waals surface area contributed by atoms with Gasteiger partial charge in [0.1, 0.15) is 0 Å². The number of nitrogens with one attached hydrogen (secondary N) is 1. The lowest BCUT2D eigenvalue weighted by Gasteiger charge is -2.21. The fraction of sp³-hybridized carbons (Fsp3) is 0.889. The maximum absolute atomic E-state index is 11.0. The second-order valence-electron chi connectivity index (χ2n) is 4.21. The Morgan fingerprint density at radius 2 is 2.38 bits per heavy atom. The predicted molar refractivity (Wildman–Crippen MR) is 46.2 cm³/mol. The van der Waals surface area contributed by atoms with Gasteiger partial charge < -0.3 is 10.1 Å². The molecule has 3 aliphatic rings. The molecule has 13 heavy (non-hydrogen) atoms. The molecule has 3 rings (SSSR count). The second-order valence-corrected chi connectivity index (χ2v) is 4.21. The van der Waals surface area contributed by atoms with Crippen LogP contribution in [0.4, 0.5) is 0 Å².